The number of hydrogen-bond acceptors (Lipinski definition) is 4. The van der Waals surface area contributed by atoms with E-state index < -0.39 is 0 Å². The maximum atomic E-state index is 13.0. The second-order valence-corrected chi connectivity index (χ2v) is 7.38. The summed E-state index contributed by atoms with van der Waals surface area (Å²) in [4.78, 5) is 13.0. The van der Waals surface area contributed by atoms with Gasteiger partial charge in [0.05, 0.1) is 6.61 Å². The molecule has 0 saturated carbocycles. The second kappa shape index (κ2) is 7.73. The molecular weight excluding hydrogens is 338 g/mol. The minimum Gasteiger partial charge on any atom is -0.494 e. The van der Waals surface area contributed by atoms with Gasteiger partial charge in [0.1, 0.15) is 17.6 Å². The lowest BCUT2D eigenvalue weighted by Crippen LogP contribution is -2.28. The third-order valence-corrected chi connectivity index (χ3v) is 5.55. The van der Waals surface area contributed by atoms with Gasteiger partial charge in [0.25, 0.3) is 0 Å². The van der Waals surface area contributed by atoms with Gasteiger partial charge in [0, 0.05) is 29.2 Å². The maximum Gasteiger partial charge on any atom is 0.194 e. The number of ketones is 1. The Morgan fingerprint density at radius 1 is 1.15 bits per heavy atom. The lowest BCUT2D eigenvalue weighted by atomic mass is 9.98. The first-order valence-electron chi connectivity index (χ1n) is 10.0. The van der Waals surface area contributed by atoms with E-state index in [0.717, 1.165) is 60.5 Å². The number of hydrogen-bond donors (Lipinski definition) is 1. The van der Waals surface area contributed by atoms with Gasteiger partial charge in [-0.1, -0.05) is 26.0 Å². The first-order valence-corrected chi connectivity index (χ1v) is 10.0. The zero-order valence-electron chi connectivity index (χ0n) is 16.1. The largest absolute Gasteiger partial charge is 0.494 e. The molecule has 1 N–H and O–H groups in total. The predicted molar refractivity (Wildman–Crippen MR) is 107 cm³/mol. The molecule has 0 amide bonds. The summed E-state index contributed by atoms with van der Waals surface area (Å²) in [5.74, 6) is 2.15. The van der Waals surface area contributed by atoms with Gasteiger partial charge in [0.15, 0.2) is 5.78 Å². The molecule has 4 nitrogen and oxygen atoms in total. The van der Waals surface area contributed by atoms with Gasteiger partial charge in [-0.05, 0) is 55.6 Å². The van der Waals surface area contributed by atoms with Crippen molar-refractivity contribution in [1.82, 2.24) is 5.32 Å². The predicted octanol–water partition coefficient (Wildman–Crippen LogP) is 4.45. The summed E-state index contributed by atoms with van der Waals surface area (Å²) in [6.45, 7) is 6.95. The van der Waals surface area contributed by atoms with Crippen LogP contribution in [0.1, 0.15) is 49.0 Å². The fourth-order valence-electron chi connectivity index (χ4n) is 4.15. The van der Waals surface area contributed by atoms with Crippen molar-refractivity contribution in [3.63, 3.8) is 0 Å². The Bertz CT molecular complexity index is 840. The molecular formula is C23H27NO3. The van der Waals surface area contributed by atoms with Crippen molar-refractivity contribution in [3.8, 4) is 22.6 Å². The van der Waals surface area contributed by atoms with Crippen molar-refractivity contribution in [2.24, 2.45) is 5.92 Å². The van der Waals surface area contributed by atoms with E-state index in [0.29, 0.717) is 18.1 Å². The molecule has 0 aromatic heterocycles. The molecule has 0 radical (unpaired) electrons. The normalized spacial score (nSPS) is 18.9. The van der Waals surface area contributed by atoms with Crippen molar-refractivity contribution in [2.75, 3.05) is 19.7 Å². The molecule has 1 aliphatic heterocycles. The minimum absolute atomic E-state index is 0.0583. The standard InChI is InChI=1S/C23H27NO3/c1-3-12-26-16-8-9-17-19(13-16)23(25)18-6-5-7-21(22(17)18)27-20(4-2)15-10-11-24-14-15/h5-9,13,15,20,24H,3-4,10-12,14H2,1-2H3. The van der Waals surface area contributed by atoms with Crippen LogP contribution in [0.3, 0.4) is 0 Å². The topological polar surface area (TPSA) is 47.6 Å². The molecule has 2 aromatic rings. The van der Waals surface area contributed by atoms with Crippen LogP contribution < -0.4 is 14.8 Å². The Hall–Kier alpha value is -2.33. The summed E-state index contributed by atoms with van der Waals surface area (Å²) >= 11 is 0. The van der Waals surface area contributed by atoms with Crippen molar-refractivity contribution < 1.29 is 14.3 Å². The van der Waals surface area contributed by atoms with E-state index in [-0.39, 0.29) is 11.9 Å². The molecule has 2 unspecified atom stereocenters. The smallest absolute Gasteiger partial charge is 0.194 e. The summed E-state index contributed by atoms with van der Waals surface area (Å²) in [5, 5.41) is 3.42. The van der Waals surface area contributed by atoms with Crippen molar-refractivity contribution in [2.45, 2.75) is 39.2 Å². The van der Waals surface area contributed by atoms with E-state index in [4.69, 9.17) is 9.47 Å². The fourth-order valence-corrected chi connectivity index (χ4v) is 4.15. The third-order valence-electron chi connectivity index (χ3n) is 5.55. The first-order chi connectivity index (χ1) is 13.2. The fraction of sp³-hybridized carbons (Fsp3) is 0.435. The van der Waals surface area contributed by atoms with Crippen molar-refractivity contribution >= 4 is 5.78 Å². The second-order valence-electron chi connectivity index (χ2n) is 7.38. The average Bonchev–Trinajstić information content (AvgIpc) is 3.32. The van der Waals surface area contributed by atoms with Crippen molar-refractivity contribution in [1.29, 1.82) is 0 Å². The van der Waals surface area contributed by atoms with Gasteiger partial charge in [-0.25, -0.2) is 0 Å². The number of nitrogens with one attached hydrogen (secondary N) is 1. The molecule has 1 fully saturated rings. The van der Waals surface area contributed by atoms with E-state index in [1.54, 1.807) is 0 Å². The highest BCUT2D eigenvalue weighted by atomic mass is 16.5. The summed E-state index contributed by atoms with van der Waals surface area (Å²) in [5.41, 5.74) is 3.33. The van der Waals surface area contributed by atoms with Gasteiger partial charge >= 0.3 is 0 Å². The van der Waals surface area contributed by atoms with Crippen LogP contribution >= 0.6 is 0 Å². The van der Waals surface area contributed by atoms with Crippen LogP contribution in [0.5, 0.6) is 11.5 Å². The molecule has 1 saturated heterocycles. The molecule has 4 heteroatoms. The van der Waals surface area contributed by atoms with E-state index in [9.17, 15) is 4.79 Å². The number of rotatable bonds is 7. The molecule has 2 aromatic carbocycles. The Balaban J connectivity index is 1.68. The van der Waals surface area contributed by atoms with Gasteiger partial charge in [-0.3, -0.25) is 4.79 Å². The Morgan fingerprint density at radius 2 is 2.04 bits per heavy atom. The monoisotopic (exact) mass is 365 g/mol. The van der Waals surface area contributed by atoms with Crippen LogP contribution in [0.25, 0.3) is 11.1 Å². The summed E-state index contributed by atoms with van der Waals surface area (Å²) in [6.07, 6.45) is 3.21. The van der Waals surface area contributed by atoms with Crippen LogP contribution in [0.15, 0.2) is 36.4 Å². The lowest BCUT2D eigenvalue weighted by molar-refractivity contribution is 0.104. The number of ether oxygens (including phenoxy) is 2. The summed E-state index contributed by atoms with van der Waals surface area (Å²) in [7, 11) is 0. The van der Waals surface area contributed by atoms with Gasteiger partial charge in [-0.2, -0.15) is 0 Å². The van der Waals surface area contributed by atoms with Crippen molar-refractivity contribution in [3.05, 3.63) is 47.5 Å². The molecule has 27 heavy (non-hydrogen) atoms. The molecule has 1 aliphatic carbocycles. The highest BCUT2D eigenvalue weighted by Crippen LogP contribution is 2.44. The molecule has 0 spiro atoms. The van der Waals surface area contributed by atoms with Crippen LogP contribution in [0.2, 0.25) is 0 Å². The quantitative estimate of drug-likeness (QED) is 0.672. The Labute approximate surface area is 160 Å². The molecule has 0 bridgehead atoms. The van der Waals surface area contributed by atoms with Crippen LogP contribution in [-0.2, 0) is 0 Å². The van der Waals surface area contributed by atoms with Gasteiger partial charge in [-0.15, -0.1) is 0 Å². The Morgan fingerprint density at radius 3 is 2.78 bits per heavy atom. The first kappa shape index (κ1) is 18.1. The number of carbonyl (C=O) groups excluding carboxylic acids is 1. The Kier molecular flexibility index (Phi) is 5.17. The van der Waals surface area contributed by atoms with Crippen LogP contribution in [0, 0.1) is 5.92 Å². The lowest BCUT2D eigenvalue weighted by Gasteiger charge is -2.24. The summed E-state index contributed by atoms with van der Waals surface area (Å²) in [6, 6.07) is 11.6. The number of benzene rings is 2. The highest BCUT2D eigenvalue weighted by molar-refractivity contribution is 6.22. The van der Waals surface area contributed by atoms with Gasteiger partial charge < -0.3 is 14.8 Å². The molecule has 2 aliphatic rings. The zero-order valence-corrected chi connectivity index (χ0v) is 16.1. The zero-order chi connectivity index (χ0) is 18.8. The minimum atomic E-state index is 0.0583. The number of carbonyl (C=O) groups is 1. The molecule has 1 heterocycles. The van der Waals surface area contributed by atoms with Crippen LogP contribution in [0.4, 0.5) is 0 Å². The van der Waals surface area contributed by atoms with Gasteiger partial charge in [0.2, 0.25) is 0 Å². The SMILES string of the molecule is CCCOc1ccc2c(c1)C(=O)c1cccc(OC(CC)C3CCNC3)c1-2. The maximum absolute atomic E-state index is 13.0. The molecule has 142 valence electrons. The number of fused-ring (bicyclic) bond motifs is 3. The molecule has 4 rings (SSSR count). The van der Waals surface area contributed by atoms with Crippen LogP contribution in [-0.4, -0.2) is 31.6 Å². The highest BCUT2D eigenvalue weighted by Gasteiger charge is 2.32. The van der Waals surface area contributed by atoms with E-state index >= 15 is 0 Å². The van der Waals surface area contributed by atoms with E-state index in [1.807, 2.05) is 36.4 Å². The van der Waals surface area contributed by atoms with E-state index in [1.165, 1.54) is 0 Å². The van der Waals surface area contributed by atoms with E-state index in [2.05, 4.69) is 19.2 Å². The molecule has 2 atom stereocenters. The summed E-state index contributed by atoms with van der Waals surface area (Å²) < 4.78 is 12.2. The third kappa shape index (κ3) is 3.34. The average molecular weight is 365 g/mol.